The summed E-state index contributed by atoms with van der Waals surface area (Å²) in [6.07, 6.45) is 6.07. The Labute approximate surface area is 158 Å². The van der Waals surface area contributed by atoms with Gasteiger partial charge in [0.1, 0.15) is 4.70 Å². The first-order chi connectivity index (χ1) is 12.6. The summed E-state index contributed by atoms with van der Waals surface area (Å²) < 4.78 is 0.682. The van der Waals surface area contributed by atoms with E-state index >= 15 is 0 Å². The molecule has 2 N–H and O–H groups in total. The van der Waals surface area contributed by atoms with Crippen LogP contribution in [0.15, 0.2) is 35.1 Å². The second kappa shape index (κ2) is 8.49. The van der Waals surface area contributed by atoms with E-state index in [1.807, 2.05) is 6.07 Å². The monoisotopic (exact) mass is 369 g/mol. The molecule has 0 radical (unpaired) electrons. The second-order valence-corrected chi connectivity index (χ2v) is 8.05. The van der Waals surface area contributed by atoms with Gasteiger partial charge in [0.05, 0.1) is 5.52 Å². The largest absolute Gasteiger partial charge is 0.353 e. The van der Waals surface area contributed by atoms with E-state index in [2.05, 4.69) is 60.3 Å². The average Bonchev–Trinajstić information content (AvgIpc) is 3.04. The fraction of sp³-hybridized carbons (Fsp3) is 0.429. The molecular formula is C21H27N3OS. The lowest BCUT2D eigenvalue weighted by Gasteiger charge is -2.13. The van der Waals surface area contributed by atoms with E-state index in [1.165, 1.54) is 42.6 Å². The van der Waals surface area contributed by atoms with Crippen LogP contribution in [0.3, 0.4) is 0 Å². The number of nitrogens with one attached hydrogen (secondary N) is 2. The molecule has 0 fully saturated rings. The lowest BCUT2D eigenvalue weighted by atomic mass is 10.1. The van der Waals surface area contributed by atoms with Crippen LogP contribution in [0.2, 0.25) is 0 Å². The van der Waals surface area contributed by atoms with Gasteiger partial charge in [-0.2, -0.15) is 0 Å². The molecular weight excluding hydrogens is 342 g/mol. The molecule has 5 heteroatoms. The maximum atomic E-state index is 12.5. The summed E-state index contributed by atoms with van der Waals surface area (Å²) in [6, 6.07) is 10.7. The summed E-state index contributed by atoms with van der Waals surface area (Å²) in [4.78, 5) is 21.0. The minimum absolute atomic E-state index is 0.0703. The zero-order chi connectivity index (χ0) is 18.5. The Kier molecular flexibility index (Phi) is 6.09. The molecule has 0 aliphatic carbocycles. The third-order valence-corrected chi connectivity index (χ3v) is 5.76. The van der Waals surface area contributed by atoms with E-state index in [-0.39, 0.29) is 5.56 Å². The number of benzene rings is 1. The Hall–Kier alpha value is -2.14. The van der Waals surface area contributed by atoms with Crippen molar-refractivity contribution in [2.75, 3.05) is 5.32 Å². The fourth-order valence-electron chi connectivity index (χ4n) is 3.05. The quantitative estimate of drug-likeness (QED) is 0.498. The standard InChI is InChI=1S/C21H27N3OS/c1-4-5-6-7-8-15(3)22-21-23-17-13-18(26-19(17)20(25)24-21)16-11-9-14(2)10-12-16/h9-13,15H,4-8H2,1-3H3,(H2,22,23,24,25). The number of anilines is 1. The number of fused-ring (bicyclic) bond motifs is 1. The van der Waals surface area contributed by atoms with Gasteiger partial charge in [-0.1, -0.05) is 62.4 Å². The second-order valence-electron chi connectivity index (χ2n) is 7.00. The SMILES string of the molecule is CCCCCCC(C)Nc1nc2cc(-c3ccc(C)cc3)sc2c(=O)[nH]1. The van der Waals surface area contributed by atoms with Crippen molar-refractivity contribution >= 4 is 27.5 Å². The van der Waals surface area contributed by atoms with Crippen molar-refractivity contribution in [1.82, 2.24) is 9.97 Å². The molecule has 2 aromatic heterocycles. The molecule has 1 atom stereocenters. The summed E-state index contributed by atoms with van der Waals surface area (Å²) in [5.41, 5.74) is 3.04. The van der Waals surface area contributed by atoms with Crippen LogP contribution in [-0.2, 0) is 0 Å². The molecule has 0 bridgehead atoms. The highest BCUT2D eigenvalue weighted by atomic mass is 32.1. The van der Waals surface area contributed by atoms with Crippen molar-refractivity contribution in [2.45, 2.75) is 58.9 Å². The van der Waals surface area contributed by atoms with E-state index < -0.39 is 0 Å². The molecule has 26 heavy (non-hydrogen) atoms. The average molecular weight is 370 g/mol. The van der Waals surface area contributed by atoms with Crippen molar-refractivity contribution in [2.24, 2.45) is 0 Å². The molecule has 1 unspecified atom stereocenters. The fourth-order valence-corrected chi connectivity index (χ4v) is 4.05. The van der Waals surface area contributed by atoms with Gasteiger partial charge in [-0.25, -0.2) is 4.98 Å². The minimum Gasteiger partial charge on any atom is -0.353 e. The van der Waals surface area contributed by atoms with Crippen molar-refractivity contribution in [3.63, 3.8) is 0 Å². The number of hydrogen-bond acceptors (Lipinski definition) is 4. The maximum absolute atomic E-state index is 12.5. The molecule has 0 amide bonds. The predicted molar refractivity (Wildman–Crippen MR) is 112 cm³/mol. The summed E-state index contributed by atoms with van der Waals surface area (Å²) in [5, 5.41) is 3.35. The lowest BCUT2D eigenvalue weighted by molar-refractivity contribution is 0.592. The topological polar surface area (TPSA) is 57.8 Å². The van der Waals surface area contributed by atoms with Gasteiger partial charge < -0.3 is 5.32 Å². The zero-order valence-corrected chi connectivity index (χ0v) is 16.6. The third kappa shape index (κ3) is 4.52. The molecule has 3 aromatic rings. The van der Waals surface area contributed by atoms with Crippen molar-refractivity contribution in [1.29, 1.82) is 0 Å². The number of rotatable bonds is 8. The van der Waals surface area contributed by atoms with Gasteiger partial charge >= 0.3 is 0 Å². The van der Waals surface area contributed by atoms with E-state index in [1.54, 1.807) is 0 Å². The van der Waals surface area contributed by atoms with Crippen LogP contribution >= 0.6 is 11.3 Å². The maximum Gasteiger partial charge on any atom is 0.270 e. The van der Waals surface area contributed by atoms with Crippen LogP contribution in [0.5, 0.6) is 0 Å². The summed E-state index contributed by atoms with van der Waals surface area (Å²) in [7, 11) is 0. The molecule has 0 saturated carbocycles. The van der Waals surface area contributed by atoms with Gasteiger partial charge in [0.15, 0.2) is 0 Å². The van der Waals surface area contributed by atoms with Crippen molar-refractivity contribution in [3.05, 3.63) is 46.2 Å². The summed E-state index contributed by atoms with van der Waals surface area (Å²) in [6.45, 7) is 6.43. The van der Waals surface area contributed by atoms with Gasteiger partial charge in [-0.3, -0.25) is 9.78 Å². The molecule has 0 aliphatic heterocycles. The summed E-state index contributed by atoms with van der Waals surface area (Å²) >= 11 is 1.50. The lowest BCUT2D eigenvalue weighted by Crippen LogP contribution is -2.19. The van der Waals surface area contributed by atoms with Gasteiger partial charge in [0, 0.05) is 10.9 Å². The Morgan fingerprint density at radius 2 is 1.96 bits per heavy atom. The van der Waals surface area contributed by atoms with Gasteiger partial charge in [0.2, 0.25) is 5.95 Å². The Morgan fingerprint density at radius 3 is 2.69 bits per heavy atom. The Morgan fingerprint density at radius 1 is 1.19 bits per heavy atom. The summed E-state index contributed by atoms with van der Waals surface area (Å²) in [5.74, 6) is 0.568. The van der Waals surface area contributed by atoms with Gasteiger partial charge in [-0.05, 0) is 31.9 Å². The predicted octanol–water partition coefficient (Wildman–Crippen LogP) is 5.73. The molecule has 0 aliphatic rings. The number of nitrogens with zero attached hydrogens (tertiary/aromatic N) is 1. The van der Waals surface area contributed by atoms with E-state index in [4.69, 9.17) is 0 Å². The zero-order valence-electron chi connectivity index (χ0n) is 15.8. The molecule has 4 nitrogen and oxygen atoms in total. The molecule has 1 aromatic carbocycles. The molecule has 3 rings (SSSR count). The van der Waals surface area contributed by atoms with Gasteiger partial charge in [0.25, 0.3) is 5.56 Å². The highest BCUT2D eigenvalue weighted by Crippen LogP contribution is 2.31. The minimum atomic E-state index is -0.0703. The van der Waals surface area contributed by atoms with E-state index in [0.717, 1.165) is 22.4 Å². The van der Waals surface area contributed by atoms with Gasteiger partial charge in [-0.15, -0.1) is 11.3 Å². The smallest absolute Gasteiger partial charge is 0.270 e. The number of hydrogen-bond donors (Lipinski definition) is 2. The van der Waals surface area contributed by atoms with Crippen LogP contribution in [0.1, 0.15) is 51.5 Å². The van der Waals surface area contributed by atoms with Crippen molar-refractivity contribution in [3.8, 4) is 10.4 Å². The Bertz CT molecular complexity index is 911. The molecule has 0 spiro atoms. The third-order valence-electron chi connectivity index (χ3n) is 4.59. The van der Waals surface area contributed by atoms with Crippen LogP contribution in [0, 0.1) is 6.92 Å². The first kappa shape index (κ1) is 18.6. The molecule has 0 saturated heterocycles. The highest BCUT2D eigenvalue weighted by molar-refractivity contribution is 7.22. The van der Waals surface area contributed by atoms with Crippen LogP contribution < -0.4 is 10.9 Å². The van der Waals surface area contributed by atoms with E-state index in [0.29, 0.717) is 16.7 Å². The van der Waals surface area contributed by atoms with E-state index in [9.17, 15) is 4.79 Å². The number of aryl methyl sites for hydroxylation is 1. The van der Waals surface area contributed by atoms with Crippen LogP contribution in [0.25, 0.3) is 20.7 Å². The number of thiophene rings is 1. The number of H-pyrrole nitrogens is 1. The Balaban J connectivity index is 1.77. The number of unbranched alkanes of at least 4 members (excludes halogenated alkanes) is 3. The normalized spacial score (nSPS) is 12.4. The number of aromatic amines is 1. The van der Waals surface area contributed by atoms with Crippen LogP contribution in [-0.4, -0.2) is 16.0 Å². The molecule has 138 valence electrons. The molecule has 2 heterocycles. The van der Waals surface area contributed by atoms with Crippen molar-refractivity contribution < 1.29 is 0 Å². The van der Waals surface area contributed by atoms with Crippen LogP contribution in [0.4, 0.5) is 5.95 Å². The first-order valence-electron chi connectivity index (χ1n) is 9.44. The first-order valence-corrected chi connectivity index (χ1v) is 10.3. The number of aromatic nitrogens is 2. The highest BCUT2D eigenvalue weighted by Gasteiger charge is 2.11.